The van der Waals surface area contributed by atoms with Gasteiger partial charge in [-0.3, -0.25) is 14.5 Å². The van der Waals surface area contributed by atoms with Gasteiger partial charge in [-0.15, -0.1) is 5.10 Å². The maximum Gasteiger partial charge on any atom is 0.261 e. The second kappa shape index (κ2) is 10.1. The monoisotopic (exact) mass is 552 g/mol. The van der Waals surface area contributed by atoms with E-state index < -0.39 is 0 Å². The minimum atomic E-state index is -0.328. The average Bonchev–Trinajstić information content (AvgIpc) is 3.53. The van der Waals surface area contributed by atoms with Crippen molar-refractivity contribution in [3.8, 4) is 23.0 Å². The molecule has 0 saturated carbocycles. The number of nitrogens with zero attached hydrogens (tertiary/aromatic N) is 4. The van der Waals surface area contributed by atoms with E-state index in [1.165, 1.54) is 4.90 Å². The first-order valence-electron chi connectivity index (χ1n) is 12.9. The first-order valence-corrected chi connectivity index (χ1v) is 12.9. The quantitative estimate of drug-likeness (QED) is 0.200. The molecule has 0 unspecified atom stereocenters. The van der Waals surface area contributed by atoms with Crippen LogP contribution in [0.4, 0.5) is 0 Å². The maximum atomic E-state index is 13.0. The molecular formula is C31H28N4O6. The Morgan fingerprint density at radius 1 is 0.683 bits per heavy atom. The summed E-state index contributed by atoms with van der Waals surface area (Å²) in [5, 5.41) is 12.4. The van der Waals surface area contributed by atoms with Gasteiger partial charge >= 0.3 is 0 Å². The molecule has 0 saturated heterocycles. The number of imide groups is 1. The van der Waals surface area contributed by atoms with Crippen molar-refractivity contribution in [2.24, 2.45) is 0 Å². The van der Waals surface area contributed by atoms with E-state index in [1.54, 1.807) is 51.5 Å². The van der Waals surface area contributed by atoms with Crippen LogP contribution in [-0.2, 0) is 13.1 Å². The van der Waals surface area contributed by atoms with Crippen molar-refractivity contribution in [2.45, 2.75) is 20.0 Å². The first-order chi connectivity index (χ1) is 19.8. The van der Waals surface area contributed by atoms with Crippen molar-refractivity contribution >= 4 is 33.4 Å². The lowest BCUT2D eigenvalue weighted by molar-refractivity contribution is 0.0640. The molecule has 41 heavy (non-hydrogen) atoms. The first kappa shape index (κ1) is 26.1. The van der Waals surface area contributed by atoms with Crippen LogP contribution in [0.3, 0.4) is 0 Å². The third kappa shape index (κ3) is 4.37. The summed E-state index contributed by atoms with van der Waals surface area (Å²) in [4.78, 5) is 27.1. The van der Waals surface area contributed by atoms with Gasteiger partial charge in [0, 0.05) is 0 Å². The molecule has 0 fully saturated rings. The third-order valence-electron chi connectivity index (χ3n) is 7.41. The highest BCUT2D eigenvalue weighted by molar-refractivity contribution is 6.21. The van der Waals surface area contributed by atoms with Crippen molar-refractivity contribution in [3.05, 3.63) is 82.7 Å². The molecule has 0 N–H and O–H groups in total. The molecule has 1 aliphatic rings. The minimum Gasteiger partial charge on any atom is -0.493 e. The summed E-state index contributed by atoms with van der Waals surface area (Å²) < 4.78 is 24.0. The zero-order valence-corrected chi connectivity index (χ0v) is 23.3. The minimum absolute atomic E-state index is 0.0336. The number of amides is 2. The van der Waals surface area contributed by atoms with Gasteiger partial charge < -0.3 is 18.9 Å². The van der Waals surface area contributed by atoms with Gasteiger partial charge in [-0.05, 0) is 76.5 Å². The highest BCUT2D eigenvalue weighted by atomic mass is 16.5. The molecule has 0 bridgehead atoms. The Morgan fingerprint density at radius 3 is 1.98 bits per heavy atom. The summed E-state index contributed by atoms with van der Waals surface area (Å²) in [5.74, 6) is 1.78. The Morgan fingerprint density at radius 2 is 1.29 bits per heavy atom. The zero-order chi connectivity index (χ0) is 28.8. The molecular weight excluding hydrogens is 524 g/mol. The molecule has 0 atom stereocenters. The Balaban J connectivity index is 1.38. The van der Waals surface area contributed by atoms with Gasteiger partial charge in [-0.1, -0.05) is 16.8 Å². The average molecular weight is 553 g/mol. The largest absolute Gasteiger partial charge is 0.493 e. The number of methoxy groups -OCH3 is 4. The normalized spacial score (nSPS) is 12.8. The van der Waals surface area contributed by atoms with E-state index in [1.807, 2.05) is 37.3 Å². The highest BCUT2D eigenvalue weighted by Crippen LogP contribution is 2.41. The molecule has 5 aromatic rings. The molecule has 10 nitrogen and oxygen atoms in total. The number of fused-ring (bicyclic) bond motifs is 4. The molecule has 1 aliphatic heterocycles. The lowest BCUT2D eigenvalue weighted by atomic mass is 9.96. The van der Waals surface area contributed by atoms with Crippen LogP contribution in [0, 0.1) is 6.92 Å². The van der Waals surface area contributed by atoms with Crippen LogP contribution in [0.1, 0.15) is 37.5 Å². The van der Waals surface area contributed by atoms with Gasteiger partial charge in [0.1, 0.15) is 5.69 Å². The number of rotatable bonds is 8. The van der Waals surface area contributed by atoms with Gasteiger partial charge in [-0.25, -0.2) is 4.68 Å². The predicted octanol–water partition coefficient (Wildman–Crippen LogP) is 4.77. The Bertz CT molecular complexity index is 1860. The Hall–Kier alpha value is -5.12. The Labute approximate surface area is 236 Å². The van der Waals surface area contributed by atoms with Gasteiger partial charge in [-0.2, -0.15) is 0 Å². The molecule has 1 aromatic heterocycles. The SMILES string of the molecule is COc1cc2cc(Cn3cc(CN4C(=O)c5ccc(C)cc5C4=O)nn3)c3cc(OC)c(OC)cc3c2cc1OC. The van der Waals surface area contributed by atoms with Crippen molar-refractivity contribution in [1.82, 2.24) is 19.9 Å². The van der Waals surface area contributed by atoms with Crippen LogP contribution in [0.2, 0.25) is 0 Å². The fourth-order valence-electron chi connectivity index (χ4n) is 5.38. The third-order valence-corrected chi connectivity index (χ3v) is 7.41. The van der Waals surface area contributed by atoms with E-state index in [9.17, 15) is 9.59 Å². The standard InChI is InChI=1S/C31H28N4O6/c1-17-6-7-21-25(8-17)31(37)35(30(21)36)16-20-15-34(33-32-20)14-19-9-18-10-26(38-2)27(39-3)11-22(18)24-13-29(41-5)28(40-4)12-23(19)24/h6-13,15H,14,16H2,1-5H3. The summed E-state index contributed by atoms with van der Waals surface area (Å²) in [5.41, 5.74) is 3.21. The lowest BCUT2D eigenvalue weighted by Crippen LogP contribution is -2.29. The summed E-state index contributed by atoms with van der Waals surface area (Å²) >= 11 is 0. The van der Waals surface area contributed by atoms with Gasteiger partial charge in [0.15, 0.2) is 23.0 Å². The van der Waals surface area contributed by atoms with E-state index in [0.29, 0.717) is 46.4 Å². The number of carbonyl (C=O) groups excluding carboxylic acids is 2. The van der Waals surface area contributed by atoms with Crippen LogP contribution in [-0.4, -0.2) is 60.1 Å². The Kier molecular flexibility index (Phi) is 6.45. The summed E-state index contributed by atoms with van der Waals surface area (Å²) in [6.07, 6.45) is 1.75. The molecule has 0 aliphatic carbocycles. The number of hydrogen-bond acceptors (Lipinski definition) is 8. The molecule has 6 rings (SSSR count). The predicted molar refractivity (Wildman–Crippen MR) is 152 cm³/mol. The van der Waals surface area contributed by atoms with Gasteiger partial charge in [0.25, 0.3) is 11.8 Å². The van der Waals surface area contributed by atoms with Crippen molar-refractivity contribution < 1.29 is 28.5 Å². The van der Waals surface area contributed by atoms with Gasteiger partial charge in [0.05, 0.1) is 58.9 Å². The van der Waals surface area contributed by atoms with E-state index in [0.717, 1.165) is 32.7 Å². The van der Waals surface area contributed by atoms with Crippen molar-refractivity contribution in [1.29, 1.82) is 0 Å². The fraction of sp³-hybridized carbons (Fsp3) is 0.226. The van der Waals surface area contributed by atoms with E-state index >= 15 is 0 Å². The van der Waals surface area contributed by atoms with E-state index in [2.05, 4.69) is 16.4 Å². The number of benzene rings is 4. The highest BCUT2D eigenvalue weighted by Gasteiger charge is 2.36. The number of ether oxygens (including phenoxy) is 4. The van der Waals surface area contributed by atoms with Crippen LogP contribution < -0.4 is 18.9 Å². The van der Waals surface area contributed by atoms with Gasteiger partial charge in [0.2, 0.25) is 0 Å². The van der Waals surface area contributed by atoms with Crippen molar-refractivity contribution in [3.63, 3.8) is 0 Å². The van der Waals surface area contributed by atoms with Crippen molar-refractivity contribution in [2.75, 3.05) is 28.4 Å². The topological polar surface area (TPSA) is 105 Å². The number of aryl methyl sites for hydroxylation is 1. The fourth-order valence-corrected chi connectivity index (χ4v) is 5.38. The van der Waals surface area contributed by atoms with Crippen LogP contribution in [0.15, 0.2) is 54.7 Å². The van der Waals surface area contributed by atoms with E-state index in [4.69, 9.17) is 18.9 Å². The van der Waals surface area contributed by atoms with Crippen LogP contribution in [0.25, 0.3) is 21.5 Å². The summed E-state index contributed by atoms with van der Waals surface area (Å²) in [6.45, 7) is 2.30. The molecule has 10 heteroatoms. The van der Waals surface area contributed by atoms with E-state index in [-0.39, 0.29) is 18.4 Å². The van der Waals surface area contributed by atoms with Crippen LogP contribution in [0.5, 0.6) is 23.0 Å². The molecule has 0 spiro atoms. The van der Waals surface area contributed by atoms with Crippen LogP contribution >= 0.6 is 0 Å². The smallest absolute Gasteiger partial charge is 0.261 e. The zero-order valence-electron chi connectivity index (χ0n) is 23.3. The number of carbonyl (C=O) groups is 2. The second-order valence-electron chi connectivity index (χ2n) is 9.87. The number of aromatic nitrogens is 3. The lowest BCUT2D eigenvalue weighted by Gasteiger charge is -2.16. The molecule has 2 amide bonds. The molecule has 208 valence electrons. The molecule has 4 aromatic carbocycles. The summed E-state index contributed by atoms with van der Waals surface area (Å²) in [7, 11) is 6.41. The second-order valence-corrected chi connectivity index (χ2v) is 9.87. The molecule has 0 radical (unpaired) electrons. The number of hydrogen-bond donors (Lipinski definition) is 0. The summed E-state index contributed by atoms with van der Waals surface area (Å²) in [6, 6.07) is 15.1. The molecule has 2 heterocycles. The maximum absolute atomic E-state index is 13.0.